The second kappa shape index (κ2) is 7.58. The number of hydrogen-bond acceptors (Lipinski definition) is 3. The molecule has 154 valence electrons. The van der Waals surface area contributed by atoms with Crippen LogP contribution in [0, 0.1) is 11.3 Å². The Kier molecular flexibility index (Phi) is 4.86. The molecule has 2 aliphatic heterocycles. The van der Waals surface area contributed by atoms with Crippen LogP contribution in [0.3, 0.4) is 0 Å². The fourth-order valence-corrected chi connectivity index (χ4v) is 4.68. The van der Waals surface area contributed by atoms with Crippen LogP contribution < -0.4 is 9.80 Å². The van der Waals surface area contributed by atoms with Gasteiger partial charge in [-0.1, -0.05) is 35.3 Å². The Bertz CT molecular complexity index is 1180. The zero-order valence-corrected chi connectivity index (χ0v) is 17.8. The summed E-state index contributed by atoms with van der Waals surface area (Å²) in [6.07, 6.45) is 0. The third-order valence-electron chi connectivity index (χ3n) is 5.83. The normalized spacial score (nSPS) is 19.4. The van der Waals surface area contributed by atoms with Gasteiger partial charge in [-0.3, -0.25) is 9.80 Å². The molecule has 7 heteroatoms. The first-order chi connectivity index (χ1) is 15.0. The lowest BCUT2D eigenvalue weighted by atomic mass is 9.82. The van der Waals surface area contributed by atoms with Gasteiger partial charge >= 0.3 is 6.03 Å². The molecule has 5 nitrogen and oxygen atoms in total. The average molecular weight is 450 g/mol. The van der Waals surface area contributed by atoms with Gasteiger partial charge < -0.3 is 4.74 Å². The number of halogens is 2. The van der Waals surface area contributed by atoms with Crippen molar-refractivity contribution in [3.8, 4) is 6.07 Å². The molecule has 0 radical (unpaired) electrons. The summed E-state index contributed by atoms with van der Waals surface area (Å²) in [5.41, 5.74) is 2.28. The molecule has 2 fully saturated rings. The second-order valence-corrected chi connectivity index (χ2v) is 8.55. The molecule has 1 spiro atoms. The van der Waals surface area contributed by atoms with Crippen LogP contribution in [0.15, 0.2) is 72.8 Å². The minimum absolute atomic E-state index is 0.166. The average Bonchev–Trinajstić information content (AvgIpc) is 3.04. The molecule has 2 saturated heterocycles. The van der Waals surface area contributed by atoms with Gasteiger partial charge in [0.15, 0.2) is 0 Å². The lowest BCUT2D eigenvalue weighted by molar-refractivity contribution is -0.0580. The zero-order valence-electron chi connectivity index (χ0n) is 16.3. The molecule has 1 atom stereocenters. The van der Waals surface area contributed by atoms with Gasteiger partial charge in [0.25, 0.3) is 0 Å². The number of carbonyl (C=O) groups is 1. The smallest absolute Gasteiger partial charge is 0.330 e. The molecule has 0 bridgehead atoms. The highest BCUT2D eigenvalue weighted by Gasteiger charge is 2.63. The highest BCUT2D eigenvalue weighted by Crippen LogP contribution is 2.51. The van der Waals surface area contributed by atoms with E-state index in [0.29, 0.717) is 28.8 Å². The standard InChI is InChI=1S/C24H17Cl2N3O2/c25-18-4-8-20(9-5-18)28-22(17-3-1-2-16(12-17)13-27)24(14-31-15-24)29(23(28)30)21-10-6-19(26)7-11-21/h1-12,22H,14-15H2/t22-/m1/s1. The Balaban J connectivity index is 1.71. The molecule has 0 N–H and O–H groups in total. The Morgan fingerprint density at radius 2 is 1.55 bits per heavy atom. The quantitative estimate of drug-likeness (QED) is 0.505. The van der Waals surface area contributed by atoms with Crippen molar-refractivity contribution in [2.75, 3.05) is 23.0 Å². The Labute approximate surface area is 190 Å². The summed E-state index contributed by atoms with van der Waals surface area (Å²) in [5, 5.41) is 10.6. The van der Waals surface area contributed by atoms with Crippen molar-refractivity contribution in [2.45, 2.75) is 11.6 Å². The summed E-state index contributed by atoms with van der Waals surface area (Å²) in [4.78, 5) is 17.5. The number of hydrogen-bond donors (Lipinski definition) is 0. The molecule has 2 aliphatic rings. The first-order valence-corrected chi connectivity index (χ1v) is 10.5. The van der Waals surface area contributed by atoms with E-state index in [1.807, 2.05) is 42.5 Å². The molecule has 2 amide bonds. The van der Waals surface area contributed by atoms with E-state index in [-0.39, 0.29) is 12.1 Å². The van der Waals surface area contributed by atoms with Crippen molar-refractivity contribution in [1.82, 2.24) is 0 Å². The van der Waals surface area contributed by atoms with Crippen LogP contribution in [0.2, 0.25) is 10.0 Å². The minimum Gasteiger partial charge on any atom is -0.376 e. The maximum Gasteiger partial charge on any atom is 0.330 e. The number of nitrogens with zero attached hydrogens (tertiary/aromatic N) is 3. The fraction of sp³-hybridized carbons (Fsp3) is 0.167. The molecular weight excluding hydrogens is 433 g/mol. The highest BCUT2D eigenvalue weighted by atomic mass is 35.5. The molecular formula is C24H17Cl2N3O2. The van der Waals surface area contributed by atoms with E-state index in [9.17, 15) is 10.1 Å². The minimum atomic E-state index is -0.612. The number of carbonyl (C=O) groups excluding carboxylic acids is 1. The number of amides is 2. The number of nitriles is 1. The van der Waals surface area contributed by atoms with E-state index in [4.69, 9.17) is 27.9 Å². The van der Waals surface area contributed by atoms with Gasteiger partial charge in [0.1, 0.15) is 5.54 Å². The number of anilines is 2. The maximum atomic E-state index is 13.9. The summed E-state index contributed by atoms with van der Waals surface area (Å²) in [6.45, 7) is 0.764. The Morgan fingerprint density at radius 3 is 2.10 bits per heavy atom. The first-order valence-electron chi connectivity index (χ1n) is 9.76. The van der Waals surface area contributed by atoms with E-state index < -0.39 is 5.54 Å². The molecule has 5 rings (SSSR count). The van der Waals surface area contributed by atoms with Gasteiger partial charge in [0.2, 0.25) is 0 Å². The van der Waals surface area contributed by atoms with Crippen LogP contribution in [-0.4, -0.2) is 24.8 Å². The van der Waals surface area contributed by atoms with Crippen molar-refractivity contribution in [3.63, 3.8) is 0 Å². The van der Waals surface area contributed by atoms with Crippen LogP contribution in [0.25, 0.3) is 0 Å². The van der Waals surface area contributed by atoms with Gasteiger partial charge in [0, 0.05) is 21.4 Å². The van der Waals surface area contributed by atoms with Gasteiger partial charge in [-0.15, -0.1) is 0 Å². The lowest BCUT2D eigenvalue weighted by Crippen LogP contribution is -2.62. The van der Waals surface area contributed by atoms with Crippen LogP contribution in [0.5, 0.6) is 0 Å². The van der Waals surface area contributed by atoms with Crippen molar-refractivity contribution in [2.24, 2.45) is 0 Å². The third kappa shape index (κ3) is 3.16. The van der Waals surface area contributed by atoms with E-state index in [2.05, 4.69) is 6.07 Å². The van der Waals surface area contributed by atoms with Crippen molar-refractivity contribution in [1.29, 1.82) is 5.26 Å². The van der Waals surface area contributed by atoms with Gasteiger partial charge in [-0.25, -0.2) is 4.79 Å². The van der Waals surface area contributed by atoms with Gasteiger partial charge in [0.05, 0.1) is 30.9 Å². The maximum absolute atomic E-state index is 13.9. The van der Waals surface area contributed by atoms with Crippen LogP contribution >= 0.6 is 23.2 Å². The van der Waals surface area contributed by atoms with Crippen molar-refractivity contribution < 1.29 is 9.53 Å². The monoisotopic (exact) mass is 449 g/mol. The number of benzene rings is 3. The number of ether oxygens (including phenoxy) is 1. The molecule has 0 aromatic heterocycles. The molecule has 2 heterocycles. The Hall–Kier alpha value is -3.04. The molecule has 31 heavy (non-hydrogen) atoms. The summed E-state index contributed by atoms with van der Waals surface area (Å²) >= 11 is 12.2. The third-order valence-corrected chi connectivity index (χ3v) is 6.34. The van der Waals surface area contributed by atoms with Crippen LogP contribution in [0.1, 0.15) is 17.2 Å². The van der Waals surface area contributed by atoms with E-state index >= 15 is 0 Å². The fourth-order valence-electron chi connectivity index (χ4n) is 4.43. The SMILES string of the molecule is N#Cc1cccc([C@H]2N(c3ccc(Cl)cc3)C(=O)N(c3ccc(Cl)cc3)C23COC3)c1. The molecule has 0 saturated carbocycles. The topological polar surface area (TPSA) is 56.6 Å². The predicted octanol–water partition coefficient (Wildman–Crippen LogP) is 5.82. The zero-order chi connectivity index (χ0) is 21.6. The van der Waals surface area contributed by atoms with E-state index in [1.165, 1.54) is 0 Å². The predicted molar refractivity (Wildman–Crippen MR) is 121 cm³/mol. The molecule has 0 unspecified atom stereocenters. The van der Waals surface area contributed by atoms with Crippen molar-refractivity contribution in [3.05, 3.63) is 94.0 Å². The van der Waals surface area contributed by atoms with Crippen LogP contribution in [0.4, 0.5) is 16.2 Å². The molecule has 3 aromatic carbocycles. The van der Waals surface area contributed by atoms with Crippen LogP contribution in [-0.2, 0) is 4.74 Å². The molecule has 3 aromatic rings. The summed E-state index contributed by atoms with van der Waals surface area (Å²) in [6, 6.07) is 23.5. The second-order valence-electron chi connectivity index (χ2n) is 7.68. The van der Waals surface area contributed by atoms with E-state index in [1.54, 1.807) is 40.1 Å². The van der Waals surface area contributed by atoms with E-state index in [0.717, 1.165) is 16.9 Å². The number of urea groups is 1. The summed E-state index contributed by atoms with van der Waals surface area (Å²) in [5.74, 6) is 0. The lowest BCUT2D eigenvalue weighted by Gasteiger charge is -2.47. The summed E-state index contributed by atoms with van der Waals surface area (Å²) in [7, 11) is 0. The first kappa shape index (κ1) is 19.9. The Morgan fingerprint density at radius 1 is 0.935 bits per heavy atom. The number of rotatable bonds is 3. The highest BCUT2D eigenvalue weighted by molar-refractivity contribution is 6.31. The molecule has 0 aliphatic carbocycles. The van der Waals surface area contributed by atoms with Crippen molar-refractivity contribution >= 4 is 40.6 Å². The van der Waals surface area contributed by atoms with Gasteiger partial charge in [-0.05, 0) is 66.2 Å². The summed E-state index contributed by atoms with van der Waals surface area (Å²) < 4.78 is 5.66. The van der Waals surface area contributed by atoms with Gasteiger partial charge in [-0.2, -0.15) is 5.26 Å². The largest absolute Gasteiger partial charge is 0.376 e.